The van der Waals surface area contributed by atoms with Gasteiger partial charge in [0.15, 0.2) is 0 Å². The molecular formula is C17H23N3O6. The van der Waals surface area contributed by atoms with Crippen LogP contribution in [-0.4, -0.2) is 47.9 Å². The van der Waals surface area contributed by atoms with Gasteiger partial charge in [-0.3, -0.25) is 19.2 Å². The Morgan fingerprint density at radius 1 is 1.19 bits per heavy atom. The Labute approximate surface area is 150 Å². The summed E-state index contributed by atoms with van der Waals surface area (Å²) in [6.45, 7) is 2.88. The number of carbonyl (C=O) groups is 4. The molecule has 3 amide bonds. The van der Waals surface area contributed by atoms with Gasteiger partial charge >= 0.3 is 5.97 Å². The van der Waals surface area contributed by atoms with Crippen molar-refractivity contribution in [2.24, 2.45) is 5.92 Å². The van der Waals surface area contributed by atoms with Gasteiger partial charge in [0.05, 0.1) is 12.8 Å². The molecule has 0 unspecified atom stereocenters. The molecule has 0 fully saturated rings. The molecule has 0 aliphatic heterocycles. The number of rotatable bonds is 10. The Kier molecular flexibility index (Phi) is 8.62. The predicted molar refractivity (Wildman–Crippen MR) is 92.8 cm³/mol. The van der Waals surface area contributed by atoms with Crippen molar-refractivity contribution >= 4 is 29.8 Å². The molecule has 1 heterocycles. The highest BCUT2D eigenvalue weighted by molar-refractivity contribution is 5.95. The van der Waals surface area contributed by atoms with Crippen molar-refractivity contribution in [1.82, 2.24) is 16.0 Å². The monoisotopic (exact) mass is 365 g/mol. The second-order valence-corrected chi connectivity index (χ2v) is 5.93. The Morgan fingerprint density at radius 2 is 1.92 bits per heavy atom. The smallest absolute Gasteiger partial charge is 0.322 e. The fourth-order valence-electron chi connectivity index (χ4n) is 2.00. The van der Waals surface area contributed by atoms with Crippen LogP contribution in [-0.2, 0) is 19.2 Å². The normalized spacial score (nSPS) is 12.0. The van der Waals surface area contributed by atoms with Gasteiger partial charge in [0, 0.05) is 6.08 Å². The molecule has 9 heteroatoms. The van der Waals surface area contributed by atoms with Crippen molar-refractivity contribution < 1.29 is 28.7 Å². The lowest BCUT2D eigenvalue weighted by molar-refractivity contribution is -0.138. The minimum Gasteiger partial charge on any atom is -0.480 e. The lowest BCUT2D eigenvalue weighted by Gasteiger charge is -2.19. The van der Waals surface area contributed by atoms with Crippen molar-refractivity contribution in [2.75, 3.05) is 13.1 Å². The molecule has 0 bridgehead atoms. The van der Waals surface area contributed by atoms with Gasteiger partial charge in [0.2, 0.25) is 17.7 Å². The first-order valence-corrected chi connectivity index (χ1v) is 8.06. The number of nitrogens with one attached hydrogen (secondary N) is 3. The standard InChI is InChI=1S/C17H23N3O6/c1-11(2)8-13(17(25)19-10-16(23)24)20-15(22)9-18-14(21)6-5-12-4-3-7-26-12/h3-7,11,13H,8-10H2,1-2H3,(H,18,21)(H,19,25)(H,20,22)(H,23,24)/b6-5+/t13-/m0/s1. The predicted octanol–water partition coefficient (Wildman–Crippen LogP) is 0.141. The van der Waals surface area contributed by atoms with E-state index in [1.54, 1.807) is 12.1 Å². The molecular weight excluding hydrogens is 342 g/mol. The van der Waals surface area contributed by atoms with Gasteiger partial charge in [-0.05, 0) is 30.5 Å². The van der Waals surface area contributed by atoms with Gasteiger partial charge in [-0.15, -0.1) is 0 Å². The maximum Gasteiger partial charge on any atom is 0.322 e. The Bertz CT molecular complexity index is 651. The van der Waals surface area contributed by atoms with Crippen LogP contribution < -0.4 is 16.0 Å². The maximum absolute atomic E-state index is 12.0. The number of carboxylic acids is 1. The van der Waals surface area contributed by atoms with Gasteiger partial charge in [-0.25, -0.2) is 0 Å². The molecule has 142 valence electrons. The molecule has 0 saturated carbocycles. The molecule has 0 saturated heterocycles. The third-order valence-corrected chi connectivity index (χ3v) is 3.14. The van der Waals surface area contributed by atoms with Crippen LogP contribution in [0.2, 0.25) is 0 Å². The van der Waals surface area contributed by atoms with E-state index in [-0.39, 0.29) is 12.5 Å². The van der Waals surface area contributed by atoms with E-state index >= 15 is 0 Å². The minimum atomic E-state index is -1.18. The van der Waals surface area contributed by atoms with Crippen LogP contribution >= 0.6 is 0 Å². The first-order chi connectivity index (χ1) is 12.3. The first kappa shape index (κ1) is 20.9. The Balaban J connectivity index is 2.48. The van der Waals surface area contributed by atoms with E-state index in [1.165, 1.54) is 18.4 Å². The van der Waals surface area contributed by atoms with E-state index in [4.69, 9.17) is 9.52 Å². The summed E-state index contributed by atoms with van der Waals surface area (Å²) in [6.07, 6.45) is 4.48. The fraction of sp³-hybridized carbons (Fsp3) is 0.412. The van der Waals surface area contributed by atoms with E-state index in [0.717, 1.165) is 0 Å². The summed E-state index contributed by atoms with van der Waals surface area (Å²) < 4.78 is 5.03. The molecule has 0 aromatic carbocycles. The van der Waals surface area contributed by atoms with Crippen LogP contribution in [0.1, 0.15) is 26.0 Å². The number of carboxylic acid groups (broad SMARTS) is 1. The van der Waals surface area contributed by atoms with Crippen LogP contribution in [0.25, 0.3) is 6.08 Å². The molecule has 0 spiro atoms. The third kappa shape index (κ3) is 8.67. The maximum atomic E-state index is 12.0. The molecule has 0 radical (unpaired) electrons. The molecule has 1 atom stereocenters. The number of amides is 3. The first-order valence-electron chi connectivity index (χ1n) is 8.06. The summed E-state index contributed by atoms with van der Waals surface area (Å²) >= 11 is 0. The molecule has 1 aromatic rings. The van der Waals surface area contributed by atoms with E-state index in [1.807, 2.05) is 13.8 Å². The van der Waals surface area contributed by atoms with E-state index in [9.17, 15) is 19.2 Å². The van der Waals surface area contributed by atoms with Crippen LogP contribution in [0, 0.1) is 5.92 Å². The molecule has 9 nitrogen and oxygen atoms in total. The van der Waals surface area contributed by atoms with Gasteiger partial charge in [-0.1, -0.05) is 13.8 Å². The van der Waals surface area contributed by atoms with Gasteiger partial charge in [-0.2, -0.15) is 0 Å². The van der Waals surface area contributed by atoms with Crippen molar-refractivity contribution in [2.45, 2.75) is 26.3 Å². The minimum absolute atomic E-state index is 0.0988. The number of furan rings is 1. The summed E-state index contributed by atoms with van der Waals surface area (Å²) in [5, 5.41) is 15.7. The van der Waals surface area contributed by atoms with Crippen molar-refractivity contribution in [1.29, 1.82) is 0 Å². The average Bonchev–Trinajstić information content (AvgIpc) is 3.08. The van der Waals surface area contributed by atoms with E-state index < -0.39 is 36.3 Å². The summed E-state index contributed by atoms with van der Waals surface area (Å²) in [5.74, 6) is -2.21. The van der Waals surface area contributed by atoms with E-state index in [2.05, 4.69) is 16.0 Å². The summed E-state index contributed by atoms with van der Waals surface area (Å²) in [4.78, 5) is 46.1. The second-order valence-electron chi connectivity index (χ2n) is 5.93. The average molecular weight is 365 g/mol. The SMILES string of the molecule is CC(C)C[C@H](NC(=O)CNC(=O)/C=C/c1ccco1)C(=O)NCC(=O)O. The van der Waals surface area contributed by atoms with Crippen molar-refractivity contribution in [3.05, 3.63) is 30.2 Å². The Hall–Kier alpha value is -3.10. The molecule has 1 rings (SSSR count). The topological polar surface area (TPSA) is 138 Å². The highest BCUT2D eigenvalue weighted by Gasteiger charge is 2.22. The van der Waals surface area contributed by atoms with Crippen LogP contribution in [0.4, 0.5) is 0 Å². The van der Waals surface area contributed by atoms with Gasteiger partial charge in [0.25, 0.3) is 0 Å². The highest BCUT2D eigenvalue weighted by Crippen LogP contribution is 2.05. The molecule has 4 N–H and O–H groups in total. The highest BCUT2D eigenvalue weighted by atomic mass is 16.4. The quantitative estimate of drug-likeness (QED) is 0.435. The van der Waals surface area contributed by atoms with Crippen LogP contribution in [0.3, 0.4) is 0 Å². The van der Waals surface area contributed by atoms with Crippen molar-refractivity contribution in [3.63, 3.8) is 0 Å². The van der Waals surface area contributed by atoms with Crippen LogP contribution in [0.5, 0.6) is 0 Å². The summed E-state index contributed by atoms with van der Waals surface area (Å²) in [5.41, 5.74) is 0. The van der Waals surface area contributed by atoms with Gasteiger partial charge < -0.3 is 25.5 Å². The van der Waals surface area contributed by atoms with Crippen LogP contribution in [0.15, 0.2) is 28.9 Å². The lowest BCUT2D eigenvalue weighted by atomic mass is 10.0. The fourth-order valence-corrected chi connectivity index (χ4v) is 2.00. The number of hydrogen-bond donors (Lipinski definition) is 4. The molecule has 26 heavy (non-hydrogen) atoms. The summed E-state index contributed by atoms with van der Waals surface area (Å²) in [7, 11) is 0. The molecule has 0 aliphatic carbocycles. The molecule has 0 aliphatic rings. The zero-order chi connectivity index (χ0) is 19.5. The third-order valence-electron chi connectivity index (χ3n) is 3.14. The lowest BCUT2D eigenvalue weighted by Crippen LogP contribution is -2.50. The number of carbonyl (C=O) groups excluding carboxylic acids is 3. The number of aliphatic carboxylic acids is 1. The van der Waals surface area contributed by atoms with E-state index in [0.29, 0.717) is 12.2 Å². The second kappa shape index (κ2) is 10.7. The van der Waals surface area contributed by atoms with Crippen molar-refractivity contribution in [3.8, 4) is 0 Å². The summed E-state index contributed by atoms with van der Waals surface area (Å²) in [6, 6.07) is 2.47. The van der Waals surface area contributed by atoms with Gasteiger partial charge in [0.1, 0.15) is 18.3 Å². The zero-order valence-electron chi connectivity index (χ0n) is 14.7. The zero-order valence-corrected chi connectivity index (χ0v) is 14.7. The Morgan fingerprint density at radius 3 is 2.50 bits per heavy atom. The number of hydrogen-bond acceptors (Lipinski definition) is 5. The largest absolute Gasteiger partial charge is 0.480 e. The molecule has 1 aromatic heterocycles.